The average Bonchev–Trinajstić information content (AvgIpc) is 2.44. The van der Waals surface area contributed by atoms with Crippen molar-refractivity contribution >= 4 is 11.7 Å². The number of carbonyl (C=O) groups is 1. The van der Waals surface area contributed by atoms with Crippen LogP contribution in [0.4, 0.5) is 5.69 Å². The van der Waals surface area contributed by atoms with Gasteiger partial charge in [0.1, 0.15) is 17.9 Å². The van der Waals surface area contributed by atoms with Gasteiger partial charge in [0, 0.05) is 5.56 Å². The summed E-state index contributed by atoms with van der Waals surface area (Å²) >= 11 is 0. The Morgan fingerprint density at radius 1 is 1.38 bits per heavy atom. The molecule has 0 radical (unpaired) electrons. The lowest BCUT2D eigenvalue weighted by Crippen LogP contribution is -2.52. The first-order valence-corrected chi connectivity index (χ1v) is 6.41. The Bertz CT molecular complexity index is 559. The molecular formula is C14H20N2O5. The second kappa shape index (κ2) is 6.53. The molecule has 7 heteroatoms. The molecule has 1 atom stereocenters. The molecule has 1 aromatic carbocycles. The van der Waals surface area contributed by atoms with Crippen LogP contribution in [0.25, 0.3) is 0 Å². The van der Waals surface area contributed by atoms with E-state index in [-0.39, 0.29) is 12.3 Å². The summed E-state index contributed by atoms with van der Waals surface area (Å²) in [7, 11) is 2.91. The van der Waals surface area contributed by atoms with Gasteiger partial charge >= 0.3 is 5.97 Å². The van der Waals surface area contributed by atoms with E-state index in [9.17, 15) is 14.9 Å². The quantitative estimate of drug-likeness (QED) is 0.488. The Hall–Kier alpha value is -2.15. The van der Waals surface area contributed by atoms with Crippen LogP contribution in [0, 0.1) is 24.0 Å². The Labute approximate surface area is 123 Å². The number of nitro benzene ring substituents is 1. The minimum atomic E-state index is -1.03. The van der Waals surface area contributed by atoms with Crippen molar-refractivity contribution in [3.05, 3.63) is 33.4 Å². The molecule has 1 unspecified atom stereocenters. The number of hydrogen-bond donors (Lipinski definition) is 1. The lowest BCUT2D eigenvalue weighted by atomic mass is 10.0. The molecule has 21 heavy (non-hydrogen) atoms. The fourth-order valence-corrected chi connectivity index (χ4v) is 1.85. The second-order valence-corrected chi connectivity index (χ2v) is 5.02. The summed E-state index contributed by atoms with van der Waals surface area (Å²) in [4.78, 5) is 22.2. The molecule has 0 spiro atoms. The highest BCUT2D eigenvalue weighted by Crippen LogP contribution is 2.28. The number of aryl methyl sites for hydroxylation is 2. The van der Waals surface area contributed by atoms with Crippen molar-refractivity contribution in [2.45, 2.75) is 26.3 Å². The van der Waals surface area contributed by atoms with E-state index >= 15 is 0 Å². The predicted molar refractivity (Wildman–Crippen MR) is 77.5 cm³/mol. The third-order valence-electron chi connectivity index (χ3n) is 3.39. The maximum absolute atomic E-state index is 11.7. The predicted octanol–water partition coefficient (Wildman–Crippen LogP) is 1.74. The van der Waals surface area contributed by atoms with Crippen LogP contribution >= 0.6 is 0 Å². The Morgan fingerprint density at radius 3 is 2.48 bits per heavy atom. The van der Waals surface area contributed by atoms with E-state index in [2.05, 4.69) is 5.32 Å². The Morgan fingerprint density at radius 2 is 2.00 bits per heavy atom. The first-order chi connectivity index (χ1) is 9.75. The van der Waals surface area contributed by atoms with E-state index in [0.717, 1.165) is 5.56 Å². The van der Waals surface area contributed by atoms with E-state index in [1.165, 1.54) is 13.2 Å². The number of carbonyl (C=O) groups excluding carboxylic acids is 1. The van der Waals surface area contributed by atoms with Crippen LogP contribution < -0.4 is 10.1 Å². The third-order valence-corrected chi connectivity index (χ3v) is 3.39. The van der Waals surface area contributed by atoms with Crippen molar-refractivity contribution < 1.29 is 19.2 Å². The standard InChI is InChI=1S/C14H20N2O5/c1-9-6-10(2)12(7-11(9)16(18)19)21-8-14(3,15-4)13(17)20-5/h6-7,15H,8H2,1-5H3. The summed E-state index contributed by atoms with van der Waals surface area (Å²) < 4.78 is 10.3. The molecule has 7 nitrogen and oxygen atoms in total. The smallest absolute Gasteiger partial charge is 0.329 e. The number of ether oxygens (including phenoxy) is 2. The topological polar surface area (TPSA) is 90.7 Å². The highest BCUT2D eigenvalue weighted by Gasteiger charge is 2.34. The molecule has 1 N–H and O–H groups in total. The molecule has 0 heterocycles. The lowest BCUT2D eigenvalue weighted by Gasteiger charge is -2.26. The van der Waals surface area contributed by atoms with Gasteiger partial charge in [-0.3, -0.25) is 10.1 Å². The molecule has 116 valence electrons. The van der Waals surface area contributed by atoms with Crippen LogP contribution in [0.5, 0.6) is 5.75 Å². The molecule has 0 aromatic heterocycles. The van der Waals surface area contributed by atoms with Gasteiger partial charge in [-0.15, -0.1) is 0 Å². The van der Waals surface area contributed by atoms with Crippen LogP contribution in [0.3, 0.4) is 0 Å². The summed E-state index contributed by atoms with van der Waals surface area (Å²) in [6.45, 7) is 5.09. The minimum absolute atomic E-state index is 0.00275. The first-order valence-electron chi connectivity index (χ1n) is 6.41. The largest absolute Gasteiger partial charge is 0.491 e. The number of likely N-dealkylation sites (N-methyl/N-ethyl adjacent to an activating group) is 1. The highest BCUT2D eigenvalue weighted by molar-refractivity contribution is 5.80. The van der Waals surface area contributed by atoms with Gasteiger partial charge in [0.25, 0.3) is 5.69 Å². The number of benzene rings is 1. The van der Waals surface area contributed by atoms with Crippen molar-refractivity contribution in [1.29, 1.82) is 0 Å². The van der Waals surface area contributed by atoms with E-state index in [4.69, 9.17) is 9.47 Å². The van der Waals surface area contributed by atoms with Gasteiger partial charge in [0.05, 0.1) is 18.1 Å². The molecule has 0 aliphatic heterocycles. The molecule has 1 aromatic rings. The normalized spacial score (nSPS) is 13.4. The number of hydrogen-bond acceptors (Lipinski definition) is 6. The molecule has 1 rings (SSSR count). The first kappa shape index (κ1) is 16.9. The van der Waals surface area contributed by atoms with E-state index in [1.54, 1.807) is 33.9 Å². The molecule has 0 bridgehead atoms. The SMILES string of the molecule is CNC(C)(COc1cc([N+](=O)[O-])c(C)cc1C)C(=O)OC. The van der Waals surface area contributed by atoms with Crippen LogP contribution in [-0.4, -0.2) is 37.2 Å². The molecule has 0 fully saturated rings. The molecule has 0 saturated heterocycles. The molecule has 0 aliphatic carbocycles. The second-order valence-electron chi connectivity index (χ2n) is 5.02. The summed E-state index contributed by atoms with van der Waals surface area (Å²) in [6.07, 6.45) is 0. The van der Waals surface area contributed by atoms with Crippen molar-refractivity contribution in [2.24, 2.45) is 0 Å². The number of nitrogens with zero attached hydrogens (tertiary/aromatic N) is 1. The van der Waals surface area contributed by atoms with Gasteiger partial charge in [0.2, 0.25) is 0 Å². The van der Waals surface area contributed by atoms with Crippen LogP contribution in [0.1, 0.15) is 18.1 Å². The van der Waals surface area contributed by atoms with Crippen LogP contribution in [0.2, 0.25) is 0 Å². The van der Waals surface area contributed by atoms with Gasteiger partial charge in [-0.1, -0.05) is 0 Å². The lowest BCUT2D eigenvalue weighted by molar-refractivity contribution is -0.385. The summed E-state index contributed by atoms with van der Waals surface area (Å²) in [5.41, 5.74) is 0.288. The van der Waals surface area contributed by atoms with Crippen molar-refractivity contribution in [3.63, 3.8) is 0 Å². The zero-order valence-corrected chi connectivity index (χ0v) is 12.9. The maximum atomic E-state index is 11.7. The minimum Gasteiger partial charge on any atom is -0.491 e. The zero-order chi connectivity index (χ0) is 16.2. The van der Waals surface area contributed by atoms with Gasteiger partial charge in [-0.2, -0.15) is 0 Å². The number of nitro groups is 1. The number of rotatable bonds is 6. The highest BCUT2D eigenvalue weighted by atomic mass is 16.6. The maximum Gasteiger partial charge on any atom is 0.329 e. The van der Waals surface area contributed by atoms with Crippen LogP contribution in [-0.2, 0) is 9.53 Å². The zero-order valence-electron chi connectivity index (χ0n) is 12.9. The van der Waals surface area contributed by atoms with E-state index in [0.29, 0.717) is 11.3 Å². The molecule has 0 amide bonds. The van der Waals surface area contributed by atoms with Gasteiger partial charge in [0.15, 0.2) is 0 Å². The van der Waals surface area contributed by atoms with E-state index < -0.39 is 16.4 Å². The molecule has 0 aliphatic rings. The van der Waals surface area contributed by atoms with Gasteiger partial charge in [-0.25, -0.2) is 4.79 Å². The fourth-order valence-electron chi connectivity index (χ4n) is 1.85. The van der Waals surface area contributed by atoms with E-state index in [1.807, 2.05) is 0 Å². The number of esters is 1. The third kappa shape index (κ3) is 3.69. The van der Waals surface area contributed by atoms with Crippen molar-refractivity contribution in [1.82, 2.24) is 5.32 Å². The number of nitrogens with one attached hydrogen (secondary N) is 1. The molecule has 0 saturated carbocycles. The fraction of sp³-hybridized carbons (Fsp3) is 0.500. The summed E-state index contributed by atoms with van der Waals surface area (Å²) in [5.74, 6) is -0.0954. The summed E-state index contributed by atoms with van der Waals surface area (Å²) in [6, 6.07) is 3.06. The van der Waals surface area contributed by atoms with Crippen molar-refractivity contribution in [2.75, 3.05) is 20.8 Å². The van der Waals surface area contributed by atoms with Gasteiger partial charge < -0.3 is 14.8 Å². The van der Waals surface area contributed by atoms with Gasteiger partial charge in [-0.05, 0) is 39.4 Å². The van der Waals surface area contributed by atoms with Crippen LogP contribution in [0.15, 0.2) is 12.1 Å². The average molecular weight is 296 g/mol. The monoisotopic (exact) mass is 296 g/mol. The van der Waals surface area contributed by atoms with Crippen molar-refractivity contribution in [3.8, 4) is 5.75 Å². The number of methoxy groups -OCH3 is 1. The summed E-state index contributed by atoms with van der Waals surface area (Å²) in [5, 5.41) is 13.8. The molecular weight excluding hydrogens is 276 g/mol. The Kier molecular flexibility index (Phi) is 5.26. The Balaban J connectivity index is 3.01.